The summed E-state index contributed by atoms with van der Waals surface area (Å²) in [7, 11) is 3.17. The lowest BCUT2D eigenvalue weighted by atomic mass is 10.1. The van der Waals surface area contributed by atoms with Gasteiger partial charge in [-0.15, -0.1) is 0 Å². The molecule has 1 heterocycles. The summed E-state index contributed by atoms with van der Waals surface area (Å²) in [5, 5.41) is 4.18. The predicted octanol–water partition coefficient (Wildman–Crippen LogP) is 2.74. The first-order chi connectivity index (χ1) is 10.2. The van der Waals surface area contributed by atoms with Gasteiger partial charge in [-0.1, -0.05) is 13.0 Å². The lowest BCUT2D eigenvalue weighted by Crippen LogP contribution is -2.12. The largest absolute Gasteiger partial charge is 0.493 e. The van der Waals surface area contributed by atoms with Crippen LogP contribution in [-0.4, -0.2) is 29.8 Å². The third kappa shape index (κ3) is 3.42. The van der Waals surface area contributed by atoms with Gasteiger partial charge in [0.25, 0.3) is 0 Å². The molecule has 5 nitrogen and oxygen atoms in total. The number of carbonyl (C=O) groups excluding carboxylic acids is 1. The number of carbonyl (C=O) groups is 1. The van der Waals surface area contributed by atoms with Gasteiger partial charge in [0.15, 0.2) is 17.3 Å². The molecule has 1 aromatic carbocycles. The maximum absolute atomic E-state index is 12.4. The molecule has 0 spiro atoms. The number of Topliss-reactive ketones (excluding diaryl/α,β-unsaturated/α-hetero) is 1. The van der Waals surface area contributed by atoms with Crippen molar-refractivity contribution in [3.63, 3.8) is 0 Å². The molecule has 5 heteroatoms. The molecule has 0 aliphatic carbocycles. The molecule has 0 aliphatic rings. The molecule has 112 valence electrons. The second kappa shape index (κ2) is 6.92. The smallest absolute Gasteiger partial charge is 0.185 e. The Hall–Kier alpha value is -2.30. The van der Waals surface area contributed by atoms with Crippen molar-refractivity contribution in [1.29, 1.82) is 0 Å². The van der Waals surface area contributed by atoms with Crippen LogP contribution < -0.4 is 9.47 Å². The lowest BCUT2D eigenvalue weighted by molar-refractivity contribution is 0.0982. The van der Waals surface area contributed by atoms with Gasteiger partial charge in [-0.3, -0.25) is 9.48 Å². The second-order valence-corrected chi connectivity index (χ2v) is 4.73. The van der Waals surface area contributed by atoms with Gasteiger partial charge < -0.3 is 9.47 Å². The van der Waals surface area contributed by atoms with Crippen LogP contribution >= 0.6 is 0 Å². The zero-order valence-corrected chi connectivity index (χ0v) is 12.6. The first kappa shape index (κ1) is 15.1. The predicted molar refractivity (Wildman–Crippen MR) is 80.1 cm³/mol. The highest BCUT2D eigenvalue weighted by Crippen LogP contribution is 2.28. The highest BCUT2D eigenvalue weighted by atomic mass is 16.5. The Morgan fingerprint density at radius 1 is 1.19 bits per heavy atom. The van der Waals surface area contributed by atoms with E-state index in [1.54, 1.807) is 31.2 Å². The zero-order valence-electron chi connectivity index (χ0n) is 12.6. The number of hydrogen-bond donors (Lipinski definition) is 0. The normalized spacial score (nSPS) is 10.4. The van der Waals surface area contributed by atoms with Crippen LogP contribution in [0.3, 0.4) is 0 Å². The van der Waals surface area contributed by atoms with Crippen LogP contribution in [0.2, 0.25) is 0 Å². The number of nitrogens with zero attached hydrogens (tertiary/aromatic N) is 2. The van der Waals surface area contributed by atoms with Gasteiger partial charge in [0.2, 0.25) is 0 Å². The van der Waals surface area contributed by atoms with E-state index in [0.717, 1.165) is 18.5 Å². The molecule has 0 fully saturated rings. The van der Waals surface area contributed by atoms with Crippen LogP contribution in [-0.2, 0) is 13.0 Å². The van der Waals surface area contributed by atoms with Crippen molar-refractivity contribution in [3.05, 3.63) is 41.7 Å². The summed E-state index contributed by atoms with van der Waals surface area (Å²) in [4.78, 5) is 12.4. The number of methoxy groups -OCH3 is 2. The Labute approximate surface area is 124 Å². The van der Waals surface area contributed by atoms with E-state index in [1.807, 2.05) is 18.2 Å². The maximum atomic E-state index is 12.4. The summed E-state index contributed by atoms with van der Waals surface area (Å²) in [6.45, 7) is 2.81. The number of ketones is 1. The zero-order chi connectivity index (χ0) is 15.2. The quantitative estimate of drug-likeness (QED) is 0.735. The Bertz CT molecular complexity index is 620. The van der Waals surface area contributed by atoms with Gasteiger partial charge >= 0.3 is 0 Å². The summed E-state index contributed by atoms with van der Waals surface area (Å²) in [5.41, 5.74) is 1.54. The number of hydrogen-bond acceptors (Lipinski definition) is 4. The molecule has 2 aromatic rings. The molecule has 0 bridgehead atoms. The Morgan fingerprint density at radius 3 is 2.62 bits per heavy atom. The van der Waals surface area contributed by atoms with Crippen LogP contribution in [0, 0.1) is 0 Å². The molecule has 0 saturated carbocycles. The molecular weight excluding hydrogens is 268 g/mol. The molecule has 0 aliphatic heterocycles. The summed E-state index contributed by atoms with van der Waals surface area (Å²) >= 11 is 0. The van der Waals surface area contributed by atoms with E-state index in [0.29, 0.717) is 23.6 Å². The van der Waals surface area contributed by atoms with Crippen LogP contribution in [0.5, 0.6) is 11.5 Å². The fourth-order valence-electron chi connectivity index (χ4n) is 2.23. The van der Waals surface area contributed by atoms with E-state index in [9.17, 15) is 4.79 Å². The van der Waals surface area contributed by atoms with Crippen molar-refractivity contribution in [2.75, 3.05) is 14.2 Å². The third-order valence-corrected chi connectivity index (χ3v) is 3.25. The molecule has 2 rings (SSSR count). The number of ether oxygens (including phenoxy) is 2. The average Bonchev–Trinajstić information content (AvgIpc) is 2.96. The summed E-state index contributed by atoms with van der Waals surface area (Å²) in [5.74, 6) is 1.34. The number of aromatic nitrogens is 2. The third-order valence-electron chi connectivity index (χ3n) is 3.25. The fraction of sp³-hybridized carbons (Fsp3) is 0.375. The van der Waals surface area contributed by atoms with Gasteiger partial charge in [0.05, 0.1) is 14.2 Å². The van der Waals surface area contributed by atoms with Crippen molar-refractivity contribution in [2.24, 2.45) is 0 Å². The summed E-state index contributed by atoms with van der Waals surface area (Å²) in [6, 6.07) is 7.28. The molecule has 0 unspecified atom stereocenters. The summed E-state index contributed by atoms with van der Waals surface area (Å²) in [6.07, 6.45) is 2.92. The molecule has 0 atom stereocenters. The van der Waals surface area contributed by atoms with Gasteiger partial charge in [0.1, 0.15) is 5.69 Å². The summed E-state index contributed by atoms with van der Waals surface area (Å²) < 4.78 is 12.2. The minimum absolute atomic E-state index is 0.0492. The van der Waals surface area contributed by atoms with E-state index in [1.165, 1.54) is 0 Å². The lowest BCUT2D eigenvalue weighted by Gasteiger charge is -2.10. The van der Waals surface area contributed by atoms with Gasteiger partial charge in [-0.25, -0.2) is 0 Å². The van der Waals surface area contributed by atoms with Crippen molar-refractivity contribution in [3.8, 4) is 11.5 Å². The molecular formula is C16H20N2O3. The molecule has 0 amide bonds. The molecule has 0 saturated heterocycles. The van der Waals surface area contributed by atoms with Crippen LogP contribution in [0.15, 0.2) is 30.5 Å². The van der Waals surface area contributed by atoms with E-state index >= 15 is 0 Å². The SMILES string of the molecule is CCCn1nccc1C(=O)Cc1ccc(OC)c(OC)c1. The number of aryl methyl sites for hydroxylation is 1. The van der Waals surface area contributed by atoms with Gasteiger partial charge in [-0.2, -0.15) is 5.10 Å². The highest BCUT2D eigenvalue weighted by molar-refractivity contribution is 5.96. The highest BCUT2D eigenvalue weighted by Gasteiger charge is 2.14. The first-order valence-corrected chi connectivity index (χ1v) is 6.95. The van der Waals surface area contributed by atoms with E-state index in [4.69, 9.17) is 9.47 Å². The van der Waals surface area contributed by atoms with E-state index in [2.05, 4.69) is 12.0 Å². The Morgan fingerprint density at radius 2 is 1.95 bits per heavy atom. The number of rotatable bonds is 7. The topological polar surface area (TPSA) is 53.4 Å². The standard InChI is InChI=1S/C16H20N2O3/c1-4-9-18-13(7-8-17-18)14(19)10-12-5-6-15(20-2)16(11-12)21-3/h5-8,11H,4,9-10H2,1-3H3. The van der Waals surface area contributed by atoms with Crippen molar-refractivity contribution in [1.82, 2.24) is 9.78 Å². The van der Waals surface area contributed by atoms with E-state index in [-0.39, 0.29) is 5.78 Å². The molecule has 0 N–H and O–H groups in total. The van der Waals surface area contributed by atoms with E-state index < -0.39 is 0 Å². The fourth-order valence-corrected chi connectivity index (χ4v) is 2.23. The first-order valence-electron chi connectivity index (χ1n) is 6.95. The van der Waals surface area contributed by atoms with Crippen LogP contribution in [0.4, 0.5) is 0 Å². The monoisotopic (exact) mass is 288 g/mol. The minimum Gasteiger partial charge on any atom is -0.493 e. The van der Waals surface area contributed by atoms with Crippen LogP contribution in [0.25, 0.3) is 0 Å². The molecule has 1 aromatic heterocycles. The number of benzene rings is 1. The van der Waals surface area contributed by atoms with Gasteiger partial charge in [-0.05, 0) is 30.2 Å². The van der Waals surface area contributed by atoms with Crippen molar-refractivity contribution < 1.29 is 14.3 Å². The van der Waals surface area contributed by atoms with Crippen LogP contribution in [0.1, 0.15) is 29.4 Å². The van der Waals surface area contributed by atoms with Crippen molar-refractivity contribution >= 4 is 5.78 Å². The molecule has 21 heavy (non-hydrogen) atoms. The Kier molecular flexibility index (Phi) is 4.98. The van der Waals surface area contributed by atoms with Gasteiger partial charge in [0, 0.05) is 19.2 Å². The average molecular weight is 288 g/mol. The Balaban J connectivity index is 2.17. The van der Waals surface area contributed by atoms with Crippen molar-refractivity contribution in [2.45, 2.75) is 26.3 Å². The molecule has 0 radical (unpaired) electrons. The minimum atomic E-state index is 0.0492. The second-order valence-electron chi connectivity index (χ2n) is 4.73. The maximum Gasteiger partial charge on any atom is 0.185 e.